The van der Waals surface area contributed by atoms with E-state index in [0.717, 1.165) is 19.4 Å². The van der Waals surface area contributed by atoms with Gasteiger partial charge in [-0.05, 0) is 60.0 Å². The second-order valence-corrected chi connectivity index (χ2v) is 5.88. The molecule has 3 atom stereocenters. The van der Waals surface area contributed by atoms with Crippen LogP contribution in [0.15, 0.2) is 18.2 Å². The van der Waals surface area contributed by atoms with Crippen LogP contribution in [-0.4, -0.2) is 22.6 Å². The Morgan fingerprint density at radius 3 is 3.00 bits per heavy atom. The van der Waals surface area contributed by atoms with Crippen molar-refractivity contribution in [2.24, 2.45) is 5.92 Å². The summed E-state index contributed by atoms with van der Waals surface area (Å²) in [5.41, 5.74) is 2.95. The molecule has 2 bridgehead atoms. The molecule has 3 rings (SSSR count). The molecule has 2 heteroatoms. The molecule has 92 valence electrons. The van der Waals surface area contributed by atoms with E-state index in [9.17, 15) is 5.11 Å². The van der Waals surface area contributed by atoms with Crippen LogP contribution in [0.4, 0.5) is 0 Å². The van der Waals surface area contributed by atoms with Gasteiger partial charge in [-0.15, -0.1) is 0 Å². The van der Waals surface area contributed by atoms with Crippen molar-refractivity contribution in [2.45, 2.75) is 38.1 Å². The molecular weight excluding hydrogens is 210 g/mol. The predicted molar refractivity (Wildman–Crippen MR) is 68.8 cm³/mol. The van der Waals surface area contributed by atoms with E-state index in [1.54, 1.807) is 6.07 Å². The van der Waals surface area contributed by atoms with E-state index in [-0.39, 0.29) is 5.41 Å². The molecule has 3 unspecified atom stereocenters. The van der Waals surface area contributed by atoms with Crippen LogP contribution in [0.1, 0.15) is 31.4 Å². The van der Waals surface area contributed by atoms with Crippen molar-refractivity contribution in [1.82, 2.24) is 4.90 Å². The van der Waals surface area contributed by atoms with E-state index >= 15 is 0 Å². The van der Waals surface area contributed by atoms with E-state index in [1.165, 1.54) is 11.1 Å². The average Bonchev–Trinajstić information content (AvgIpc) is 2.30. The Morgan fingerprint density at radius 2 is 2.24 bits per heavy atom. The highest BCUT2D eigenvalue weighted by Crippen LogP contribution is 2.48. The number of benzene rings is 1. The van der Waals surface area contributed by atoms with Gasteiger partial charge in [0.25, 0.3) is 0 Å². The first-order valence-electron chi connectivity index (χ1n) is 6.42. The fourth-order valence-electron chi connectivity index (χ4n) is 3.70. The van der Waals surface area contributed by atoms with Crippen molar-refractivity contribution in [2.75, 3.05) is 6.54 Å². The summed E-state index contributed by atoms with van der Waals surface area (Å²) in [7, 11) is 4.17. The van der Waals surface area contributed by atoms with Gasteiger partial charge in [0.05, 0.1) is 0 Å². The first kappa shape index (κ1) is 11.1. The number of fused-ring (bicyclic) bond motifs is 4. The van der Waals surface area contributed by atoms with Gasteiger partial charge in [-0.2, -0.15) is 0 Å². The SMILES string of the molecule is [CH2-]N1CCC2(C)c3cc(O)ccc3CC1C2C. The maximum absolute atomic E-state index is 9.72. The van der Waals surface area contributed by atoms with Gasteiger partial charge in [-0.1, -0.05) is 19.9 Å². The largest absolute Gasteiger partial charge is 0.508 e. The minimum absolute atomic E-state index is 0.200. The summed E-state index contributed by atoms with van der Waals surface area (Å²) in [6, 6.07) is 6.41. The zero-order valence-corrected chi connectivity index (χ0v) is 10.6. The van der Waals surface area contributed by atoms with Crippen LogP contribution < -0.4 is 0 Å². The molecule has 0 spiro atoms. The standard InChI is InChI=1S/C15H20NO/c1-10-14-8-11-4-5-12(17)9-13(11)15(10,2)6-7-16(14)3/h4-5,9-10,14,17H,3,6-8H2,1-2H3/q-1. The number of aromatic hydroxyl groups is 1. The first-order chi connectivity index (χ1) is 8.02. The number of hydrogen-bond donors (Lipinski definition) is 1. The van der Waals surface area contributed by atoms with Crippen LogP contribution in [0.3, 0.4) is 0 Å². The lowest BCUT2D eigenvalue weighted by Gasteiger charge is -2.57. The maximum atomic E-state index is 9.72. The lowest BCUT2D eigenvalue weighted by atomic mass is 9.59. The number of hydrogen-bond acceptors (Lipinski definition) is 2. The van der Waals surface area contributed by atoms with E-state index < -0.39 is 0 Å². The lowest BCUT2D eigenvalue weighted by molar-refractivity contribution is 0.0632. The molecule has 0 radical (unpaired) electrons. The number of piperidine rings is 1. The molecule has 0 aromatic heterocycles. The van der Waals surface area contributed by atoms with Gasteiger partial charge in [-0.3, -0.25) is 7.05 Å². The molecule has 1 aliphatic carbocycles. The highest BCUT2D eigenvalue weighted by Gasteiger charge is 2.45. The zero-order valence-electron chi connectivity index (χ0n) is 10.6. The Labute approximate surface area is 103 Å². The molecule has 2 aliphatic rings. The molecule has 1 heterocycles. The summed E-state index contributed by atoms with van der Waals surface area (Å²) in [5.74, 6) is 0.996. The molecule has 1 N–H and O–H groups in total. The van der Waals surface area contributed by atoms with Crippen molar-refractivity contribution in [3.63, 3.8) is 0 Å². The Balaban J connectivity index is 2.16. The quantitative estimate of drug-likeness (QED) is 0.693. The third-order valence-electron chi connectivity index (χ3n) is 5.11. The summed E-state index contributed by atoms with van der Waals surface area (Å²) in [6.45, 7) is 5.73. The average molecular weight is 230 g/mol. The molecule has 1 fully saturated rings. The van der Waals surface area contributed by atoms with Crippen molar-refractivity contribution in [3.05, 3.63) is 36.4 Å². The van der Waals surface area contributed by atoms with Gasteiger partial charge in [0.15, 0.2) is 0 Å². The second kappa shape index (κ2) is 3.49. The van der Waals surface area contributed by atoms with Crippen molar-refractivity contribution < 1.29 is 5.11 Å². The molecule has 0 amide bonds. The Kier molecular flexibility index (Phi) is 2.27. The van der Waals surface area contributed by atoms with Gasteiger partial charge >= 0.3 is 0 Å². The summed E-state index contributed by atoms with van der Waals surface area (Å²) in [5, 5.41) is 9.72. The van der Waals surface area contributed by atoms with Crippen LogP contribution in [0, 0.1) is 13.0 Å². The maximum Gasteiger partial charge on any atom is 0.115 e. The van der Waals surface area contributed by atoms with Crippen LogP contribution in [0.5, 0.6) is 5.75 Å². The number of likely N-dealkylation sites (tertiary alicyclic amines) is 1. The van der Waals surface area contributed by atoms with Crippen molar-refractivity contribution in [1.29, 1.82) is 0 Å². The van der Waals surface area contributed by atoms with E-state index in [0.29, 0.717) is 17.7 Å². The fourth-order valence-corrected chi connectivity index (χ4v) is 3.70. The number of phenolic OH excluding ortho intramolecular Hbond substituents is 1. The van der Waals surface area contributed by atoms with E-state index in [4.69, 9.17) is 0 Å². The van der Waals surface area contributed by atoms with Crippen LogP contribution in [-0.2, 0) is 11.8 Å². The molecule has 0 saturated carbocycles. The minimum Gasteiger partial charge on any atom is -0.508 e. The van der Waals surface area contributed by atoms with Crippen LogP contribution in [0.25, 0.3) is 0 Å². The topological polar surface area (TPSA) is 23.5 Å². The summed E-state index contributed by atoms with van der Waals surface area (Å²) < 4.78 is 0. The van der Waals surface area contributed by atoms with Gasteiger partial charge in [0.2, 0.25) is 0 Å². The monoisotopic (exact) mass is 230 g/mol. The van der Waals surface area contributed by atoms with Crippen LogP contribution >= 0.6 is 0 Å². The third kappa shape index (κ3) is 1.43. The van der Waals surface area contributed by atoms with Crippen molar-refractivity contribution >= 4 is 0 Å². The van der Waals surface area contributed by atoms with E-state index in [1.807, 2.05) is 6.07 Å². The van der Waals surface area contributed by atoms with Gasteiger partial charge in [0.1, 0.15) is 5.75 Å². The predicted octanol–water partition coefficient (Wildman–Crippen LogP) is 2.71. The molecule has 2 nitrogen and oxygen atoms in total. The third-order valence-corrected chi connectivity index (χ3v) is 5.11. The number of nitrogens with zero attached hydrogens (tertiary/aromatic N) is 1. The molecule has 1 aliphatic heterocycles. The molecule has 1 aromatic rings. The fraction of sp³-hybridized carbons (Fsp3) is 0.533. The smallest absolute Gasteiger partial charge is 0.115 e. The zero-order chi connectivity index (χ0) is 12.2. The normalized spacial score (nSPS) is 36.6. The summed E-state index contributed by atoms with van der Waals surface area (Å²) in [4.78, 5) is 2.25. The number of phenols is 1. The minimum atomic E-state index is 0.200. The van der Waals surface area contributed by atoms with Gasteiger partial charge < -0.3 is 10.0 Å². The molecule has 1 saturated heterocycles. The highest BCUT2D eigenvalue weighted by atomic mass is 16.3. The van der Waals surface area contributed by atoms with E-state index in [2.05, 4.69) is 31.9 Å². The first-order valence-corrected chi connectivity index (χ1v) is 6.42. The Hall–Kier alpha value is -1.02. The van der Waals surface area contributed by atoms with Crippen molar-refractivity contribution in [3.8, 4) is 5.75 Å². The Bertz CT molecular complexity index is 456. The molecular formula is C15H20NO-. The molecule has 17 heavy (non-hydrogen) atoms. The lowest BCUT2D eigenvalue weighted by Crippen LogP contribution is -2.55. The van der Waals surface area contributed by atoms with Crippen LogP contribution in [0.2, 0.25) is 0 Å². The highest BCUT2D eigenvalue weighted by molar-refractivity contribution is 5.44. The summed E-state index contributed by atoms with van der Waals surface area (Å²) >= 11 is 0. The van der Waals surface area contributed by atoms with Gasteiger partial charge in [-0.25, -0.2) is 0 Å². The Morgan fingerprint density at radius 1 is 1.47 bits per heavy atom. The molecule has 1 aromatic carbocycles. The summed E-state index contributed by atoms with van der Waals surface area (Å²) in [6.07, 6.45) is 2.19. The number of rotatable bonds is 0. The second-order valence-electron chi connectivity index (χ2n) is 5.88. The van der Waals surface area contributed by atoms with Gasteiger partial charge in [0, 0.05) is 0 Å².